The number of allylic oxidation sites excluding steroid dienone is 2. The van der Waals surface area contributed by atoms with Gasteiger partial charge in [0.05, 0.1) is 0 Å². The fourth-order valence-corrected chi connectivity index (χ4v) is 3.29. The molecule has 0 radical (unpaired) electrons. The van der Waals surface area contributed by atoms with E-state index >= 15 is 0 Å². The molecule has 0 unspecified atom stereocenters. The van der Waals surface area contributed by atoms with Gasteiger partial charge in [0.1, 0.15) is 0 Å². The third-order valence-electron chi connectivity index (χ3n) is 3.98. The van der Waals surface area contributed by atoms with E-state index in [1.165, 1.54) is 39.4 Å². The lowest BCUT2D eigenvalue weighted by molar-refractivity contribution is -0.382. The van der Waals surface area contributed by atoms with Gasteiger partial charge in [-0.05, 0) is 44.7 Å². The van der Waals surface area contributed by atoms with Crippen molar-refractivity contribution in [2.75, 3.05) is 0 Å². The molecule has 1 aliphatic heterocycles. The standard InChI is InChI=1S/C16H21BrN2/c1-6-12-9(3)14(18-11(12)5)8-15-13(7-2)10(4)16(17)19-15/h8,18H,6-7H2,1-5H3/p+1/b15-8-. The summed E-state index contributed by atoms with van der Waals surface area (Å²) in [5.41, 5.74) is 9.21. The summed E-state index contributed by atoms with van der Waals surface area (Å²) < 4.78 is 1.09. The first-order valence-corrected chi connectivity index (χ1v) is 7.68. The van der Waals surface area contributed by atoms with Gasteiger partial charge in [-0.15, -0.1) is 0 Å². The Hall–Kier alpha value is -1.09. The lowest BCUT2D eigenvalue weighted by atomic mass is 10.0. The van der Waals surface area contributed by atoms with Crippen molar-refractivity contribution >= 4 is 26.6 Å². The first kappa shape index (κ1) is 14.3. The third kappa shape index (κ3) is 2.48. The Morgan fingerprint density at radius 1 is 1.16 bits per heavy atom. The summed E-state index contributed by atoms with van der Waals surface area (Å²) in [4.78, 5) is 6.93. The van der Waals surface area contributed by atoms with Crippen molar-refractivity contribution in [1.29, 1.82) is 0 Å². The molecule has 0 atom stereocenters. The van der Waals surface area contributed by atoms with Crippen LogP contribution in [-0.2, 0) is 6.42 Å². The highest BCUT2D eigenvalue weighted by Gasteiger charge is 2.25. The molecule has 3 heteroatoms. The average molecular weight is 322 g/mol. The molecular weight excluding hydrogens is 300 g/mol. The predicted molar refractivity (Wildman–Crippen MR) is 85.5 cm³/mol. The van der Waals surface area contributed by atoms with Crippen LogP contribution in [0.25, 0.3) is 6.08 Å². The third-order valence-corrected chi connectivity index (χ3v) is 4.77. The highest BCUT2D eigenvalue weighted by atomic mass is 79.9. The first-order valence-electron chi connectivity index (χ1n) is 6.89. The van der Waals surface area contributed by atoms with Gasteiger partial charge in [-0.3, -0.25) is 0 Å². The Balaban J connectivity index is 2.49. The maximum absolute atomic E-state index is 3.59. The van der Waals surface area contributed by atoms with Gasteiger partial charge in [-0.25, -0.2) is 0 Å². The van der Waals surface area contributed by atoms with E-state index in [0.717, 1.165) is 17.5 Å². The molecule has 0 saturated heterocycles. The van der Waals surface area contributed by atoms with Crippen LogP contribution in [0.1, 0.15) is 49.7 Å². The minimum absolute atomic E-state index is 1.04. The summed E-state index contributed by atoms with van der Waals surface area (Å²) in [7, 11) is 0. The van der Waals surface area contributed by atoms with E-state index in [-0.39, 0.29) is 0 Å². The number of aromatic amines is 1. The molecule has 2 N–H and O–H groups in total. The van der Waals surface area contributed by atoms with Crippen LogP contribution in [0.15, 0.2) is 16.8 Å². The van der Waals surface area contributed by atoms with E-state index < -0.39 is 0 Å². The number of hydrogen-bond donors (Lipinski definition) is 2. The minimum atomic E-state index is 1.04. The summed E-state index contributed by atoms with van der Waals surface area (Å²) in [6.45, 7) is 10.9. The molecule has 0 amide bonds. The molecule has 19 heavy (non-hydrogen) atoms. The molecule has 0 aromatic carbocycles. The topological polar surface area (TPSA) is 29.8 Å². The molecule has 0 bridgehead atoms. The zero-order valence-corrected chi connectivity index (χ0v) is 14.0. The van der Waals surface area contributed by atoms with Gasteiger partial charge in [-0.1, -0.05) is 13.8 Å². The number of aromatic nitrogens is 1. The Kier molecular flexibility index (Phi) is 4.14. The van der Waals surface area contributed by atoms with Gasteiger partial charge in [0, 0.05) is 44.5 Å². The summed E-state index contributed by atoms with van der Waals surface area (Å²) >= 11 is 3.59. The lowest BCUT2D eigenvalue weighted by Crippen LogP contribution is -2.66. The SMILES string of the molecule is CCC1=C(C)C(Br)=[NH+]/C1=C\c1[nH]c(C)c(CC)c1C. The van der Waals surface area contributed by atoms with Crippen molar-refractivity contribution in [1.82, 2.24) is 4.98 Å². The molecule has 0 fully saturated rings. The highest BCUT2D eigenvalue weighted by Crippen LogP contribution is 2.24. The van der Waals surface area contributed by atoms with Gasteiger partial charge in [0.25, 0.3) is 0 Å². The number of halogens is 1. The molecule has 1 aromatic heterocycles. The second-order valence-corrected chi connectivity index (χ2v) is 5.87. The van der Waals surface area contributed by atoms with Crippen molar-refractivity contribution in [3.8, 4) is 0 Å². The Bertz CT molecular complexity index is 601. The number of nitrogens with one attached hydrogen (secondary N) is 2. The summed E-state index contributed by atoms with van der Waals surface area (Å²) in [6.07, 6.45) is 4.35. The predicted octanol–water partition coefficient (Wildman–Crippen LogP) is 3.15. The first-order chi connectivity index (χ1) is 8.99. The molecule has 1 aromatic rings. The summed E-state index contributed by atoms with van der Waals surface area (Å²) in [5, 5.41) is 0. The van der Waals surface area contributed by atoms with Gasteiger partial charge in [0.15, 0.2) is 0 Å². The van der Waals surface area contributed by atoms with Crippen molar-refractivity contribution in [2.24, 2.45) is 0 Å². The van der Waals surface area contributed by atoms with Gasteiger partial charge in [-0.2, -0.15) is 4.99 Å². The zero-order chi connectivity index (χ0) is 14.2. The molecule has 0 spiro atoms. The summed E-state index contributed by atoms with van der Waals surface area (Å²) in [6, 6.07) is 0. The van der Waals surface area contributed by atoms with E-state index in [1.54, 1.807) is 0 Å². The lowest BCUT2D eigenvalue weighted by Gasteiger charge is -1.98. The number of rotatable bonds is 3. The van der Waals surface area contributed by atoms with Crippen LogP contribution < -0.4 is 4.99 Å². The number of hydrogen-bond acceptors (Lipinski definition) is 0. The Morgan fingerprint density at radius 3 is 2.37 bits per heavy atom. The Morgan fingerprint density at radius 2 is 1.84 bits per heavy atom. The van der Waals surface area contributed by atoms with Crippen LogP contribution in [0.2, 0.25) is 0 Å². The number of H-pyrrole nitrogens is 1. The van der Waals surface area contributed by atoms with Crippen molar-refractivity contribution in [3.63, 3.8) is 0 Å². The highest BCUT2D eigenvalue weighted by molar-refractivity contribution is 9.18. The minimum Gasteiger partial charge on any atom is -0.358 e. The number of aryl methyl sites for hydroxylation is 1. The van der Waals surface area contributed by atoms with Crippen molar-refractivity contribution < 1.29 is 4.99 Å². The van der Waals surface area contributed by atoms with Crippen molar-refractivity contribution in [3.05, 3.63) is 39.4 Å². The average Bonchev–Trinajstić information content (AvgIpc) is 2.78. The van der Waals surface area contributed by atoms with Gasteiger partial charge >= 0.3 is 0 Å². The van der Waals surface area contributed by atoms with E-state index in [0.29, 0.717) is 0 Å². The second kappa shape index (κ2) is 5.49. The van der Waals surface area contributed by atoms with E-state index in [2.05, 4.69) is 66.6 Å². The molecule has 0 aliphatic carbocycles. The van der Waals surface area contributed by atoms with Crippen LogP contribution in [0.3, 0.4) is 0 Å². The van der Waals surface area contributed by atoms with Crippen molar-refractivity contribution in [2.45, 2.75) is 47.5 Å². The van der Waals surface area contributed by atoms with E-state index in [1.807, 2.05) is 0 Å². The summed E-state index contributed by atoms with van der Waals surface area (Å²) in [5.74, 6) is 0. The largest absolute Gasteiger partial charge is 0.358 e. The van der Waals surface area contributed by atoms with Gasteiger partial charge in [0.2, 0.25) is 10.3 Å². The molecule has 102 valence electrons. The molecule has 2 rings (SSSR count). The van der Waals surface area contributed by atoms with Crippen LogP contribution in [0.4, 0.5) is 0 Å². The molecule has 0 saturated carbocycles. The van der Waals surface area contributed by atoms with Crippen LogP contribution >= 0.6 is 15.9 Å². The fraction of sp³-hybridized carbons (Fsp3) is 0.438. The molecule has 2 nitrogen and oxygen atoms in total. The van der Waals surface area contributed by atoms with Gasteiger partial charge < -0.3 is 4.98 Å². The quantitative estimate of drug-likeness (QED) is 0.856. The maximum Gasteiger partial charge on any atom is 0.250 e. The fourth-order valence-electron chi connectivity index (χ4n) is 2.83. The molecule has 2 heterocycles. The van der Waals surface area contributed by atoms with Crippen LogP contribution in [0.5, 0.6) is 0 Å². The Labute approximate surface area is 123 Å². The monoisotopic (exact) mass is 321 g/mol. The smallest absolute Gasteiger partial charge is 0.250 e. The van der Waals surface area contributed by atoms with E-state index in [4.69, 9.17) is 0 Å². The van der Waals surface area contributed by atoms with Crippen LogP contribution in [-0.4, -0.2) is 9.60 Å². The maximum atomic E-state index is 3.59. The normalized spacial score (nSPS) is 17.6. The zero-order valence-electron chi connectivity index (χ0n) is 12.4. The second-order valence-electron chi connectivity index (χ2n) is 5.07. The van der Waals surface area contributed by atoms with Crippen LogP contribution in [0, 0.1) is 13.8 Å². The molecular formula is C16H22BrN2+. The molecule has 1 aliphatic rings. The van der Waals surface area contributed by atoms with E-state index in [9.17, 15) is 0 Å².